The Morgan fingerprint density at radius 1 is 1.03 bits per heavy atom. The maximum Gasteiger partial charge on any atom is 0.337 e. The molecular formula is C22H25NO6. The fourth-order valence-electron chi connectivity index (χ4n) is 3.06. The fourth-order valence-corrected chi connectivity index (χ4v) is 3.06. The zero-order chi connectivity index (χ0) is 20.8. The molecule has 0 bridgehead atoms. The molecule has 154 valence electrons. The Kier molecular flexibility index (Phi) is 6.59. The molecule has 0 saturated carbocycles. The predicted molar refractivity (Wildman–Crippen MR) is 106 cm³/mol. The highest BCUT2D eigenvalue weighted by Crippen LogP contribution is 2.34. The van der Waals surface area contributed by atoms with E-state index in [0.29, 0.717) is 36.0 Å². The second-order valence-corrected chi connectivity index (χ2v) is 7.00. The minimum atomic E-state index is -0.423. The van der Waals surface area contributed by atoms with Crippen LogP contribution in [0.25, 0.3) is 0 Å². The lowest BCUT2D eigenvalue weighted by Crippen LogP contribution is -2.35. The number of hydrogen-bond donors (Lipinski definition) is 1. The Labute approximate surface area is 169 Å². The summed E-state index contributed by atoms with van der Waals surface area (Å²) >= 11 is 0. The van der Waals surface area contributed by atoms with Gasteiger partial charge in [-0.3, -0.25) is 4.79 Å². The predicted octanol–water partition coefficient (Wildman–Crippen LogP) is 3.14. The molecule has 0 radical (unpaired) electrons. The van der Waals surface area contributed by atoms with E-state index in [9.17, 15) is 9.59 Å². The summed E-state index contributed by atoms with van der Waals surface area (Å²) in [7, 11) is 1.32. The minimum absolute atomic E-state index is 0.134. The molecule has 0 unspecified atom stereocenters. The van der Waals surface area contributed by atoms with Gasteiger partial charge in [0.15, 0.2) is 18.1 Å². The number of nitrogens with one attached hydrogen (secondary N) is 1. The van der Waals surface area contributed by atoms with Crippen LogP contribution in [-0.4, -0.2) is 38.8 Å². The third kappa shape index (κ3) is 5.19. The van der Waals surface area contributed by atoms with Crippen LogP contribution in [0.15, 0.2) is 42.5 Å². The molecular weight excluding hydrogens is 374 g/mol. The number of rotatable bonds is 7. The summed E-state index contributed by atoms with van der Waals surface area (Å²) in [6.07, 6.45) is 0. The van der Waals surface area contributed by atoms with Gasteiger partial charge in [0.2, 0.25) is 0 Å². The van der Waals surface area contributed by atoms with Crippen molar-refractivity contribution in [3.05, 3.63) is 53.6 Å². The summed E-state index contributed by atoms with van der Waals surface area (Å²) in [5.41, 5.74) is 1.36. The van der Waals surface area contributed by atoms with E-state index < -0.39 is 5.97 Å². The Bertz CT molecular complexity index is 862. The number of carbonyl (C=O) groups excluding carboxylic acids is 2. The molecule has 1 aliphatic rings. The van der Waals surface area contributed by atoms with E-state index in [-0.39, 0.29) is 24.5 Å². The summed E-state index contributed by atoms with van der Waals surface area (Å²) in [4.78, 5) is 23.9. The standard InChI is InChI=1S/C22H25NO6/c1-14(2)21(16-6-9-18-19(12-16)28-11-10-27-18)23-20(24)13-29-17-7-4-15(5-8-17)22(25)26-3/h4-9,12,14,21H,10-11,13H2,1-3H3,(H,23,24)/t21-/m1/s1. The van der Waals surface area contributed by atoms with Crippen molar-refractivity contribution in [2.45, 2.75) is 19.9 Å². The molecule has 0 fully saturated rings. The molecule has 2 aromatic rings. The van der Waals surface area contributed by atoms with Gasteiger partial charge in [-0.1, -0.05) is 19.9 Å². The van der Waals surface area contributed by atoms with Crippen molar-refractivity contribution in [1.82, 2.24) is 5.32 Å². The second kappa shape index (κ2) is 9.32. The van der Waals surface area contributed by atoms with Crippen molar-refractivity contribution in [2.24, 2.45) is 5.92 Å². The monoisotopic (exact) mass is 399 g/mol. The van der Waals surface area contributed by atoms with Crippen molar-refractivity contribution in [1.29, 1.82) is 0 Å². The number of ether oxygens (including phenoxy) is 4. The molecule has 0 saturated heterocycles. The topological polar surface area (TPSA) is 83.1 Å². The first-order chi connectivity index (χ1) is 14.0. The zero-order valence-electron chi connectivity index (χ0n) is 16.8. The van der Waals surface area contributed by atoms with Crippen molar-refractivity contribution >= 4 is 11.9 Å². The lowest BCUT2D eigenvalue weighted by Gasteiger charge is -2.25. The van der Waals surface area contributed by atoms with Gasteiger partial charge in [-0.15, -0.1) is 0 Å². The maximum absolute atomic E-state index is 12.4. The van der Waals surface area contributed by atoms with Gasteiger partial charge in [0.1, 0.15) is 19.0 Å². The Hall–Kier alpha value is -3.22. The van der Waals surface area contributed by atoms with Crippen LogP contribution in [0.1, 0.15) is 35.8 Å². The largest absolute Gasteiger partial charge is 0.486 e. The summed E-state index contributed by atoms with van der Waals surface area (Å²) in [6.45, 7) is 4.99. The van der Waals surface area contributed by atoms with E-state index in [1.807, 2.05) is 32.0 Å². The van der Waals surface area contributed by atoms with Crippen LogP contribution in [0.3, 0.4) is 0 Å². The molecule has 1 amide bonds. The molecule has 3 rings (SSSR count). The van der Waals surface area contributed by atoms with Crippen LogP contribution in [0.5, 0.6) is 17.2 Å². The average Bonchev–Trinajstić information content (AvgIpc) is 2.75. The SMILES string of the molecule is COC(=O)c1ccc(OCC(=O)N[C@@H](c2ccc3c(c2)OCCO3)C(C)C)cc1. The van der Waals surface area contributed by atoms with Crippen LogP contribution in [-0.2, 0) is 9.53 Å². The third-order valence-electron chi connectivity index (χ3n) is 4.55. The van der Waals surface area contributed by atoms with Crippen LogP contribution < -0.4 is 19.5 Å². The number of hydrogen-bond acceptors (Lipinski definition) is 6. The Morgan fingerprint density at radius 2 is 1.72 bits per heavy atom. The smallest absolute Gasteiger partial charge is 0.337 e. The van der Waals surface area contributed by atoms with Gasteiger partial charge in [-0.2, -0.15) is 0 Å². The zero-order valence-corrected chi connectivity index (χ0v) is 16.8. The van der Waals surface area contributed by atoms with Gasteiger partial charge >= 0.3 is 5.97 Å². The number of methoxy groups -OCH3 is 1. The van der Waals surface area contributed by atoms with E-state index in [2.05, 4.69) is 10.1 Å². The highest BCUT2D eigenvalue weighted by molar-refractivity contribution is 5.89. The highest BCUT2D eigenvalue weighted by Gasteiger charge is 2.21. The first kappa shape index (κ1) is 20.5. The molecule has 1 N–H and O–H groups in total. The Morgan fingerprint density at radius 3 is 2.38 bits per heavy atom. The molecule has 7 nitrogen and oxygen atoms in total. The van der Waals surface area contributed by atoms with Gasteiger partial charge in [-0.25, -0.2) is 4.79 Å². The molecule has 1 heterocycles. The van der Waals surface area contributed by atoms with Crippen LogP contribution >= 0.6 is 0 Å². The summed E-state index contributed by atoms with van der Waals surface area (Å²) in [5.74, 6) is 1.40. The van der Waals surface area contributed by atoms with Gasteiger partial charge < -0.3 is 24.3 Å². The maximum atomic E-state index is 12.4. The van der Waals surface area contributed by atoms with E-state index in [0.717, 1.165) is 5.56 Å². The van der Waals surface area contributed by atoms with Crippen molar-refractivity contribution in [2.75, 3.05) is 26.9 Å². The second-order valence-electron chi connectivity index (χ2n) is 7.00. The normalized spacial score (nSPS) is 13.5. The molecule has 1 aliphatic heterocycles. The number of amides is 1. The van der Waals surface area contributed by atoms with E-state index >= 15 is 0 Å². The summed E-state index contributed by atoms with van der Waals surface area (Å²) in [5, 5.41) is 3.01. The van der Waals surface area contributed by atoms with Crippen LogP contribution in [0, 0.1) is 5.92 Å². The first-order valence-electron chi connectivity index (χ1n) is 9.48. The third-order valence-corrected chi connectivity index (χ3v) is 4.55. The fraction of sp³-hybridized carbons (Fsp3) is 0.364. The number of benzene rings is 2. The van der Waals surface area contributed by atoms with E-state index in [4.69, 9.17) is 14.2 Å². The van der Waals surface area contributed by atoms with Gasteiger partial charge in [0, 0.05) is 0 Å². The van der Waals surface area contributed by atoms with Crippen molar-refractivity contribution in [3.63, 3.8) is 0 Å². The first-order valence-corrected chi connectivity index (χ1v) is 9.48. The lowest BCUT2D eigenvalue weighted by molar-refractivity contribution is -0.124. The molecule has 0 aliphatic carbocycles. The molecule has 0 spiro atoms. The van der Waals surface area contributed by atoms with Crippen molar-refractivity contribution < 1.29 is 28.5 Å². The lowest BCUT2D eigenvalue weighted by atomic mass is 9.95. The summed E-state index contributed by atoms with van der Waals surface area (Å²) in [6, 6.07) is 11.9. The molecule has 29 heavy (non-hydrogen) atoms. The molecule has 7 heteroatoms. The van der Waals surface area contributed by atoms with Gasteiger partial charge in [0.25, 0.3) is 5.91 Å². The van der Waals surface area contributed by atoms with Crippen LogP contribution in [0.2, 0.25) is 0 Å². The van der Waals surface area contributed by atoms with Gasteiger partial charge in [-0.05, 0) is 47.9 Å². The highest BCUT2D eigenvalue weighted by atomic mass is 16.6. The minimum Gasteiger partial charge on any atom is -0.486 e. The quantitative estimate of drug-likeness (QED) is 0.721. The summed E-state index contributed by atoms with van der Waals surface area (Å²) < 4.78 is 21.4. The molecule has 2 aromatic carbocycles. The van der Waals surface area contributed by atoms with E-state index in [1.165, 1.54) is 7.11 Å². The van der Waals surface area contributed by atoms with Crippen molar-refractivity contribution in [3.8, 4) is 17.2 Å². The molecule has 0 aromatic heterocycles. The number of fused-ring (bicyclic) bond motifs is 1. The molecule has 1 atom stereocenters. The Balaban J connectivity index is 1.60. The number of esters is 1. The van der Waals surface area contributed by atoms with E-state index in [1.54, 1.807) is 24.3 Å². The van der Waals surface area contributed by atoms with Crippen LogP contribution in [0.4, 0.5) is 0 Å². The number of carbonyl (C=O) groups is 2. The average molecular weight is 399 g/mol. The van der Waals surface area contributed by atoms with Gasteiger partial charge in [0.05, 0.1) is 18.7 Å².